The second-order valence-electron chi connectivity index (χ2n) is 7.69. The molecule has 0 radical (unpaired) electrons. The van der Waals surface area contributed by atoms with Gasteiger partial charge in [-0.3, -0.25) is 20.2 Å². The quantitative estimate of drug-likeness (QED) is 0.520. The predicted molar refractivity (Wildman–Crippen MR) is 114 cm³/mol. The first-order valence-electron chi connectivity index (χ1n) is 9.16. The molecule has 1 unspecified atom stereocenters. The van der Waals surface area contributed by atoms with Gasteiger partial charge in [0.05, 0.1) is 21.9 Å². The summed E-state index contributed by atoms with van der Waals surface area (Å²) < 4.78 is 6.94. The summed E-state index contributed by atoms with van der Waals surface area (Å²) in [6, 6.07) is 7.63. The van der Waals surface area contributed by atoms with Gasteiger partial charge in [0.2, 0.25) is 11.5 Å². The molecule has 2 heterocycles. The molecular weight excluding hydrogens is 458 g/mol. The van der Waals surface area contributed by atoms with Gasteiger partial charge in [-0.05, 0) is 43.7 Å². The van der Waals surface area contributed by atoms with Gasteiger partial charge in [-0.25, -0.2) is 0 Å². The Hall–Kier alpha value is -2.98. The number of nitro benzene ring substituents is 2. The van der Waals surface area contributed by atoms with Gasteiger partial charge in [0, 0.05) is 40.5 Å². The monoisotopic (exact) mass is 475 g/mol. The lowest BCUT2D eigenvalue weighted by Crippen LogP contribution is -2.60. The van der Waals surface area contributed by atoms with Gasteiger partial charge >= 0.3 is 5.69 Å². The van der Waals surface area contributed by atoms with Crippen molar-refractivity contribution in [3.8, 4) is 5.75 Å². The zero-order chi connectivity index (χ0) is 21.8. The van der Waals surface area contributed by atoms with Crippen molar-refractivity contribution in [3.05, 3.63) is 72.2 Å². The van der Waals surface area contributed by atoms with Crippen molar-refractivity contribution in [1.82, 2.24) is 0 Å². The number of fused-ring (bicyclic) bond motifs is 2. The summed E-state index contributed by atoms with van der Waals surface area (Å²) in [4.78, 5) is 23.8. The number of β-amino-alcohol motifs (C(OH)–C–C–N with tert-alkyl or cyclic N) is 1. The molecule has 9 nitrogen and oxygen atoms in total. The molecule has 156 valence electrons. The lowest BCUT2D eigenvalue weighted by atomic mass is 9.76. The summed E-state index contributed by atoms with van der Waals surface area (Å²) in [5.41, 5.74) is -0.394. The van der Waals surface area contributed by atoms with E-state index in [1.54, 1.807) is 29.2 Å². The molecule has 2 aliphatic rings. The first-order chi connectivity index (χ1) is 14.1. The third-order valence-electron chi connectivity index (χ3n) is 5.78. The smallest absolute Gasteiger partial charge is 0.312 e. The molecule has 0 saturated heterocycles. The molecule has 0 saturated carbocycles. The predicted octanol–water partition coefficient (Wildman–Crippen LogP) is 4.16. The van der Waals surface area contributed by atoms with E-state index in [0.29, 0.717) is 21.3 Å². The number of non-ortho nitro benzene ring substituents is 1. The van der Waals surface area contributed by atoms with Crippen LogP contribution in [0.15, 0.2) is 40.9 Å². The van der Waals surface area contributed by atoms with Gasteiger partial charge in [-0.1, -0.05) is 15.9 Å². The molecule has 2 aromatic carbocycles. The SMILES string of the molecule is CC1(C)c2cc([N+](=O)[O-])ccc2N(CCO)C12C=Cc1cc(Br)cc([N+](=O)[O-])c1O2. The van der Waals surface area contributed by atoms with Crippen LogP contribution in [-0.4, -0.2) is 33.8 Å². The number of nitro groups is 2. The maximum absolute atomic E-state index is 11.7. The zero-order valence-electron chi connectivity index (χ0n) is 16.2. The van der Waals surface area contributed by atoms with E-state index in [9.17, 15) is 25.3 Å². The van der Waals surface area contributed by atoms with Crippen LogP contribution in [0.4, 0.5) is 17.1 Å². The maximum Gasteiger partial charge on any atom is 0.312 e. The number of hydrogen-bond acceptors (Lipinski definition) is 7. The number of ether oxygens (including phenoxy) is 1. The van der Waals surface area contributed by atoms with Crippen LogP contribution in [0, 0.1) is 20.2 Å². The largest absolute Gasteiger partial charge is 0.456 e. The van der Waals surface area contributed by atoms with Gasteiger partial charge in [-0.15, -0.1) is 0 Å². The fourth-order valence-corrected chi connectivity index (χ4v) is 4.78. The molecule has 0 bridgehead atoms. The number of aliphatic hydroxyl groups is 1. The average molecular weight is 476 g/mol. The van der Waals surface area contributed by atoms with E-state index in [1.807, 2.05) is 13.8 Å². The summed E-state index contributed by atoms with van der Waals surface area (Å²) in [5.74, 6) is 0.115. The molecule has 1 spiro atoms. The molecule has 2 aromatic rings. The second kappa shape index (κ2) is 6.78. The van der Waals surface area contributed by atoms with Crippen molar-refractivity contribution >= 4 is 39.1 Å². The van der Waals surface area contributed by atoms with Crippen LogP contribution < -0.4 is 9.64 Å². The number of benzene rings is 2. The standard InChI is InChI=1S/C20H18BrN3O6/c1-19(2)15-11-14(23(26)27)3-4-16(15)22(7-8-25)20(19)6-5-12-9-13(21)10-17(24(28)29)18(12)30-20/h3-6,9-11,25H,7-8H2,1-2H3. The molecule has 30 heavy (non-hydrogen) atoms. The van der Waals surface area contributed by atoms with Gasteiger partial charge in [0.1, 0.15) is 0 Å². The minimum atomic E-state index is -1.21. The molecule has 1 atom stereocenters. The highest BCUT2D eigenvalue weighted by molar-refractivity contribution is 9.10. The second-order valence-corrected chi connectivity index (χ2v) is 8.61. The number of nitrogens with zero attached hydrogens (tertiary/aromatic N) is 3. The molecule has 2 aliphatic heterocycles. The highest BCUT2D eigenvalue weighted by Gasteiger charge is 2.59. The molecule has 10 heteroatoms. The van der Waals surface area contributed by atoms with E-state index in [-0.39, 0.29) is 30.3 Å². The van der Waals surface area contributed by atoms with Crippen LogP contribution in [0.5, 0.6) is 5.75 Å². The van der Waals surface area contributed by atoms with Crippen molar-refractivity contribution in [2.75, 3.05) is 18.1 Å². The topological polar surface area (TPSA) is 119 Å². The third-order valence-corrected chi connectivity index (χ3v) is 6.24. The fraction of sp³-hybridized carbons (Fsp3) is 0.300. The minimum absolute atomic E-state index is 0.0575. The van der Waals surface area contributed by atoms with Gasteiger partial charge < -0.3 is 14.7 Å². The molecular formula is C20H18BrN3O6. The number of rotatable bonds is 4. The van der Waals surface area contributed by atoms with Crippen LogP contribution in [0.25, 0.3) is 6.08 Å². The molecule has 1 N–H and O–H groups in total. The lowest BCUT2D eigenvalue weighted by Gasteiger charge is -2.46. The Balaban J connectivity index is 1.94. The zero-order valence-corrected chi connectivity index (χ0v) is 17.7. The Morgan fingerprint density at radius 3 is 2.53 bits per heavy atom. The van der Waals surface area contributed by atoms with Crippen molar-refractivity contribution in [1.29, 1.82) is 0 Å². The summed E-state index contributed by atoms with van der Waals surface area (Å²) >= 11 is 3.29. The van der Waals surface area contributed by atoms with E-state index >= 15 is 0 Å². The lowest BCUT2D eigenvalue weighted by molar-refractivity contribution is -0.386. The maximum atomic E-state index is 11.7. The van der Waals surface area contributed by atoms with Crippen molar-refractivity contribution in [2.45, 2.75) is 25.0 Å². The summed E-state index contributed by atoms with van der Waals surface area (Å²) in [6.45, 7) is 3.72. The van der Waals surface area contributed by atoms with E-state index in [1.165, 1.54) is 18.2 Å². The van der Waals surface area contributed by atoms with Crippen LogP contribution in [0.1, 0.15) is 25.0 Å². The van der Waals surface area contributed by atoms with Crippen molar-refractivity contribution in [3.63, 3.8) is 0 Å². The number of aliphatic hydroxyl groups excluding tert-OH is 1. The summed E-state index contributed by atoms with van der Waals surface area (Å²) in [6.07, 6.45) is 3.55. The van der Waals surface area contributed by atoms with E-state index in [2.05, 4.69) is 15.9 Å². The molecule has 4 rings (SSSR count). The molecule has 0 amide bonds. The van der Waals surface area contributed by atoms with Gasteiger partial charge in [0.15, 0.2) is 0 Å². The van der Waals surface area contributed by atoms with Crippen molar-refractivity contribution in [2.24, 2.45) is 0 Å². The molecule has 0 fully saturated rings. The Morgan fingerprint density at radius 1 is 1.17 bits per heavy atom. The van der Waals surface area contributed by atoms with Crippen molar-refractivity contribution < 1.29 is 19.7 Å². The van der Waals surface area contributed by atoms with Crippen LogP contribution in [0.3, 0.4) is 0 Å². The van der Waals surface area contributed by atoms with E-state index in [0.717, 1.165) is 0 Å². The summed E-state index contributed by atoms with van der Waals surface area (Å²) in [7, 11) is 0. The van der Waals surface area contributed by atoms with E-state index < -0.39 is 21.0 Å². The number of anilines is 1. The van der Waals surface area contributed by atoms with E-state index in [4.69, 9.17) is 4.74 Å². The molecule has 0 aromatic heterocycles. The Labute approximate surface area is 180 Å². The first kappa shape index (κ1) is 20.3. The average Bonchev–Trinajstić information content (AvgIpc) is 2.86. The van der Waals surface area contributed by atoms with Gasteiger partial charge in [-0.2, -0.15) is 0 Å². The Kier molecular flexibility index (Phi) is 4.59. The Bertz CT molecular complexity index is 1120. The minimum Gasteiger partial charge on any atom is -0.456 e. The molecule has 0 aliphatic carbocycles. The van der Waals surface area contributed by atoms with Gasteiger partial charge in [0.25, 0.3) is 5.69 Å². The Morgan fingerprint density at radius 2 is 1.90 bits per heavy atom. The fourth-order valence-electron chi connectivity index (χ4n) is 4.31. The number of hydrogen-bond donors (Lipinski definition) is 1. The summed E-state index contributed by atoms with van der Waals surface area (Å²) in [5, 5.41) is 32.7. The third kappa shape index (κ3) is 2.71. The first-order valence-corrected chi connectivity index (χ1v) is 9.95. The number of halogens is 1. The highest BCUT2D eigenvalue weighted by Crippen LogP contribution is 2.56. The highest BCUT2D eigenvalue weighted by atomic mass is 79.9. The van der Waals surface area contributed by atoms with Crippen LogP contribution >= 0.6 is 15.9 Å². The van der Waals surface area contributed by atoms with Crippen LogP contribution in [-0.2, 0) is 5.41 Å². The van der Waals surface area contributed by atoms with Crippen LogP contribution in [0.2, 0.25) is 0 Å². The normalized spacial score (nSPS) is 20.6.